The van der Waals surface area contributed by atoms with Gasteiger partial charge in [-0.25, -0.2) is 9.78 Å². The molecule has 0 saturated carbocycles. The van der Waals surface area contributed by atoms with Crippen LogP contribution in [0.1, 0.15) is 32.5 Å². The SMILES string of the molecule is C=CCOC(=O)c1sc(N2C(=O)C(=O)C(=C(O)c3ccccc3)C2c2cccc(Cl)c2)nc1C. The van der Waals surface area contributed by atoms with Gasteiger partial charge in [0.05, 0.1) is 17.3 Å². The summed E-state index contributed by atoms with van der Waals surface area (Å²) in [5, 5.41) is 11.6. The molecule has 34 heavy (non-hydrogen) atoms. The standard InChI is InChI=1S/C25H19ClN2O5S/c1-3-12-33-24(32)22-14(2)27-25(34-22)28-19(16-10-7-11-17(26)13-16)18(21(30)23(28)31)20(29)15-8-5-4-6-9-15/h3-11,13,19,29H,1,12H2,2H3. The Morgan fingerprint density at radius 1 is 1.24 bits per heavy atom. The predicted octanol–water partition coefficient (Wildman–Crippen LogP) is 5.07. The molecule has 9 heteroatoms. The molecular formula is C25H19ClN2O5S. The first kappa shape index (κ1) is 23.4. The quantitative estimate of drug-likeness (QED) is 0.169. The lowest BCUT2D eigenvalue weighted by atomic mass is 9.95. The van der Waals surface area contributed by atoms with Crippen molar-refractivity contribution in [3.8, 4) is 0 Å². The van der Waals surface area contributed by atoms with E-state index in [-0.39, 0.29) is 27.9 Å². The monoisotopic (exact) mass is 494 g/mol. The van der Waals surface area contributed by atoms with Crippen LogP contribution < -0.4 is 4.90 Å². The molecule has 172 valence electrons. The molecule has 1 fully saturated rings. The minimum Gasteiger partial charge on any atom is -0.507 e. The maximum atomic E-state index is 13.2. The molecule has 1 amide bonds. The Morgan fingerprint density at radius 2 is 1.97 bits per heavy atom. The van der Waals surface area contributed by atoms with E-state index in [4.69, 9.17) is 16.3 Å². The number of carbonyl (C=O) groups excluding carboxylic acids is 3. The summed E-state index contributed by atoms with van der Waals surface area (Å²) in [6.07, 6.45) is 1.44. The zero-order valence-corrected chi connectivity index (χ0v) is 19.6. The first-order chi connectivity index (χ1) is 16.3. The third-order valence-corrected chi connectivity index (χ3v) is 6.54. The van der Waals surface area contributed by atoms with E-state index in [2.05, 4.69) is 11.6 Å². The lowest BCUT2D eigenvalue weighted by molar-refractivity contribution is -0.132. The van der Waals surface area contributed by atoms with Gasteiger partial charge in [-0.1, -0.05) is 78.1 Å². The van der Waals surface area contributed by atoms with E-state index in [1.54, 1.807) is 61.5 Å². The summed E-state index contributed by atoms with van der Waals surface area (Å²) >= 11 is 7.13. The summed E-state index contributed by atoms with van der Waals surface area (Å²) in [7, 11) is 0. The van der Waals surface area contributed by atoms with Crippen molar-refractivity contribution in [2.45, 2.75) is 13.0 Å². The zero-order chi connectivity index (χ0) is 24.4. The largest absolute Gasteiger partial charge is 0.507 e. The van der Waals surface area contributed by atoms with E-state index >= 15 is 0 Å². The van der Waals surface area contributed by atoms with Gasteiger partial charge in [-0.05, 0) is 24.6 Å². The van der Waals surface area contributed by atoms with Crippen LogP contribution in [0.25, 0.3) is 5.76 Å². The number of thiazole rings is 1. The number of ketones is 1. The van der Waals surface area contributed by atoms with Crippen molar-refractivity contribution in [2.24, 2.45) is 0 Å². The van der Waals surface area contributed by atoms with Gasteiger partial charge in [0.15, 0.2) is 5.13 Å². The molecule has 1 atom stereocenters. The maximum absolute atomic E-state index is 13.2. The van der Waals surface area contributed by atoms with E-state index in [1.165, 1.54) is 11.0 Å². The second kappa shape index (κ2) is 9.62. The fraction of sp³-hybridized carbons (Fsp3) is 0.120. The van der Waals surface area contributed by atoms with E-state index in [1.807, 2.05) is 0 Å². The van der Waals surface area contributed by atoms with Gasteiger partial charge >= 0.3 is 11.9 Å². The second-order valence-corrected chi connectivity index (χ2v) is 8.80. The lowest BCUT2D eigenvalue weighted by Gasteiger charge is -2.23. The number of carbonyl (C=O) groups is 3. The van der Waals surface area contributed by atoms with Crippen LogP contribution in [0.5, 0.6) is 0 Å². The fourth-order valence-electron chi connectivity index (χ4n) is 3.65. The minimum absolute atomic E-state index is 0.0234. The number of nitrogens with zero attached hydrogens (tertiary/aromatic N) is 2. The van der Waals surface area contributed by atoms with Gasteiger partial charge in [0.2, 0.25) is 0 Å². The van der Waals surface area contributed by atoms with Crippen molar-refractivity contribution < 1.29 is 24.2 Å². The van der Waals surface area contributed by atoms with E-state index in [9.17, 15) is 19.5 Å². The number of anilines is 1. The van der Waals surface area contributed by atoms with Gasteiger partial charge in [0, 0.05) is 10.6 Å². The Labute approximate surface area is 204 Å². The van der Waals surface area contributed by atoms with Gasteiger partial charge in [-0.15, -0.1) is 0 Å². The highest BCUT2D eigenvalue weighted by Gasteiger charge is 2.48. The van der Waals surface area contributed by atoms with Crippen LogP contribution in [-0.4, -0.2) is 34.4 Å². The number of aryl methyl sites for hydroxylation is 1. The Hall–Kier alpha value is -3.75. The number of Topliss-reactive ketones (excluding diaryl/α,β-unsaturated/α-hetero) is 1. The van der Waals surface area contributed by atoms with Gasteiger partial charge in [-0.3, -0.25) is 14.5 Å². The van der Waals surface area contributed by atoms with Crippen LogP contribution in [0.3, 0.4) is 0 Å². The average Bonchev–Trinajstić information content (AvgIpc) is 3.34. The number of amides is 1. The number of hydrogen-bond donors (Lipinski definition) is 1. The summed E-state index contributed by atoms with van der Waals surface area (Å²) in [6.45, 7) is 5.15. The molecule has 1 unspecified atom stereocenters. The predicted molar refractivity (Wildman–Crippen MR) is 130 cm³/mol. The normalized spacial score (nSPS) is 17.1. The molecule has 1 aliphatic rings. The van der Waals surface area contributed by atoms with Gasteiger partial charge in [-0.2, -0.15) is 0 Å². The van der Waals surface area contributed by atoms with E-state index in [0.717, 1.165) is 11.3 Å². The maximum Gasteiger partial charge on any atom is 0.350 e. The highest BCUT2D eigenvalue weighted by Crippen LogP contribution is 2.44. The Morgan fingerprint density at radius 3 is 2.65 bits per heavy atom. The molecular weight excluding hydrogens is 476 g/mol. The Balaban J connectivity index is 1.89. The number of rotatable bonds is 6. The Bertz CT molecular complexity index is 1330. The van der Waals surface area contributed by atoms with Crippen LogP contribution in [0.15, 0.2) is 72.8 Å². The first-order valence-corrected chi connectivity index (χ1v) is 11.4. The van der Waals surface area contributed by atoms with Crippen molar-refractivity contribution >= 4 is 51.5 Å². The summed E-state index contributed by atoms with van der Waals surface area (Å²) < 4.78 is 5.10. The molecule has 0 aliphatic carbocycles. The number of benzene rings is 2. The zero-order valence-electron chi connectivity index (χ0n) is 18.0. The molecule has 7 nitrogen and oxygen atoms in total. The first-order valence-electron chi connectivity index (χ1n) is 10.2. The van der Waals surface area contributed by atoms with Crippen LogP contribution in [0, 0.1) is 6.92 Å². The summed E-state index contributed by atoms with van der Waals surface area (Å²) in [6, 6.07) is 14.1. The highest BCUT2D eigenvalue weighted by molar-refractivity contribution is 7.17. The van der Waals surface area contributed by atoms with Crippen molar-refractivity contribution in [3.63, 3.8) is 0 Å². The second-order valence-electron chi connectivity index (χ2n) is 7.39. The summed E-state index contributed by atoms with van der Waals surface area (Å²) in [5.74, 6) is -2.66. The average molecular weight is 495 g/mol. The molecule has 3 aromatic rings. The summed E-state index contributed by atoms with van der Waals surface area (Å²) in [5.41, 5.74) is 1.15. The highest BCUT2D eigenvalue weighted by atomic mass is 35.5. The number of ether oxygens (including phenoxy) is 1. The van der Waals surface area contributed by atoms with Crippen LogP contribution in [-0.2, 0) is 14.3 Å². The number of aromatic nitrogens is 1. The fourth-order valence-corrected chi connectivity index (χ4v) is 4.83. The molecule has 4 rings (SSSR count). The van der Waals surface area contributed by atoms with Crippen LogP contribution in [0.4, 0.5) is 5.13 Å². The molecule has 1 aromatic heterocycles. The minimum atomic E-state index is -0.999. The number of aliphatic hydroxyl groups is 1. The number of hydrogen-bond acceptors (Lipinski definition) is 7. The molecule has 1 aliphatic heterocycles. The smallest absolute Gasteiger partial charge is 0.350 e. The number of halogens is 1. The molecule has 2 aromatic carbocycles. The van der Waals surface area contributed by atoms with Crippen molar-refractivity contribution in [1.29, 1.82) is 0 Å². The van der Waals surface area contributed by atoms with E-state index < -0.39 is 23.7 Å². The lowest BCUT2D eigenvalue weighted by Crippen LogP contribution is -2.29. The molecule has 2 heterocycles. The summed E-state index contributed by atoms with van der Waals surface area (Å²) in [4.78, 5) is 44.6. The van der Waals surface area contributed by atoms with Gasteiger partial charge < -0.3 is 9.84 Å². The molecule has 0 spiro atoms. The van der Waals surface area contributed by atoms with Crippen molar-refractivity contribution in [1.82, 2.24) is 4.98 Å². The van der Waals surface area contributed by atoms with Crippen molar-refractivity contribution in [3.05, 3.63) is 99.5 Å². The van der Waals surface area contributed by atoms with Gasteiger partial charge in [0.25, 0.3) is 5.78 Å². The van der Waals surface area contributed by atoms with Crippen molar-refractivity contribution in [2.75, 3.05) is 11.5 Å². The van der Waals surface area contributed by atoms with Gasteiger partial charge in [0.1, 0.15) is 17.2 Å². The van der Waals surface area contributed by atoms with Crippen LogP contribution in [0.2, 0.25) is 5.02 Å². The molecule has 0 radical (unpaired) electrons. The molecule has 1 N–H and O–H groups in total. The Kier molecular flexibility index (Phi) is 6.63. The number of esters is 1. The molecule has 1 saturated heterocycles. The van der Waals surface area contributed by atoms with E-state index in [0.29, 0.717) is 21.8 Å². The third-order valence-electron chi connectivity index (χ3n) is 5.17. The third kappa shape index (κ3) is 4.25. The van der Waals surface area contributed by atoms with Crippen LogP contribution >= 0.6 is 22.9 Å². The topological polar surface area (TPSA) is 96.8 Å². The molecule has 0 bridgehead atoms. The number of aliphatic hydroxyl groups excluding tert-OH is 1.